The molecule has 0 saturated heterocycles. The standard InChI is InChI=1S/C28H32N8O3/c1-17-15-29-24(33-26-9-11-31-35(26)5)14-20(17)23-13-21-22(39-23)10-12-36(28(21)38)18(2)27(37)30-16-19-7-6-8-25(32-19)34(3)4/h6-9,11,13-15,18H,10,12,16H2,1-5H3,(H,29,33)(H,30,37)/t18-/m1/s1. The van der Waals surface area contributed by atoms with Gasteiger partial charge in [-0.05, 0) is 43.7 Å². The molecule has 2 amide bonds. The lowest BCUT2D eigenvalue weighted by molar-refractivity contribution is -0.125. The Morgan fingerprint density at radius 2 is 2.03 bits per heavy atom. The van der Waals surface area contributed by atoms with E-state index in [0.29, 0.717) is 35.9 Å². The van der Waals surface area contributed by atoms with E-state index in [1.54, 1.807) is 35.0 Å². The van der Waals surface area contributed by atoms with E-state index in [0.717, 1.165) is 28.5 Å². The second-order valence-corrected chi connectivity index (χ2v) is 9.82. The SMILES string of the molecule is Cc1cnc(Nc2ccnn2C)cc1-c1cc2c(o1)CCN([C@H](C)C(=O)NCc1cccc(N(C)C)n1)C2=O. The molecule has 1 aliphatic rings. The van der Waals surface area contributed by atoms with Crippen molar-refractivity contribution >= 4 is 29.3 Å². The fourth-order valence-corrected chi connectivity index (χ4v) is 4.54. The molecule has 0 bridgehead atoms. The van der Waals surface area contributed by atoms with Crippen LogP contribution in [0.15, 0.2) is 53.2 Å². The molecule has 11 heteroatoms. The lowest BCUT2D eigenvalue weighted by Crippen LogP contribution is -2.50. The molecule has 202 valence electrons. The van der Waals surface area contributed by atoms with Gasteiger partial charge in [-0.1, -0.05) is 6.07 Å². The van der Waals surface area contributed by atoms with E-state index >= 15 is 0 Å². The fourth-order valence-electron chi connectivity index (χ4n) is 4.54. The summed E-state index contributed by atoms with van der Waals surface area (Å²) < 4.78 is 7.87. The zero-order valence-corrected chi connectivity index (χ0v) is 22.7. The summed E-state index contributed by atoms with van der Waals surface area (Å²) in [6.07, 6.45) is 3.99. The number of aryl methyl sites for hydroxylation is 2. The smallest absolute Gasteiger partial charge is 0.258 e. The molecule has 11 nitrogen and oxygen atoms in total. The number of nitrogens with one attached hydrogen (secondary N) is 2. The molecule has 39 heavy (non-hydrogen) atoms. The van der Waals surface area contributed by atoms with E-state index in [9.17, 15) is 9.59 Å². The number of furan rings is 1. The number of hydrogen-bond donors (Lipinski definition) is 2. The van der Waals surface area contributed by atoms with Crippen molar-refractivity contribution in [3.8, 4) is 11.3 Å². The van der Waals surface area contributed by atoms with Crippen LogP contribution in [0, 0.1) is 6.92 Å². The van der Waals surface area contributed by atoms with E-state index < -0.39 is 6.04 Å². The molecule has 2 N–H and O–H groups in total. The van der Waals surface area contributed by atoms with Crippen molar-refractivity contribution in [3.63, 3.8) is 0 Å². The Balaban J connectivity index is 1.29. The fraction of sp³-hybridized carbons (Fsp3) is 0.321. The average Bonchev–Trinajstić information content (AvgIpc) is 3.54. The normalized spacial score (nSPS) is 13.7. The number of rotatable bonds is 8. The van der Waals surface area contributed by atoms with E-state index in [2.05, 4.69) is 25.7 Å². The molecule has 0 radical (unpaired) electrons. The van der Waals surface area contributed by atoms with Crippen molar-refractivity contribution in [2.24, 2.45) is 7.05 Å². The molecule has 4 aromatic rings. The van der Waals surface area contributed by atoms with Crippen LogP contribution in [0.1, 0.15) is 34.3 Å². The highest BCUT2D eigenvalue weighted by Crippen LogP contribution is 2.33. The third-order valence-corrected chi connectivity index (χ3v) is 6.87. The van der Waals surface area contributed by atoms with Gasteiger partial charge in [-0.15, -0.1) is 0 Å². The predicted molar refractivity (Wildman–Crippen MR) is 148 cm³/mol. The number of pyridine rings is 2. The molecule has 0 saturated carbocycles. The number of anilines is 3. The Bertz CT molecular complexity index is 1520. The summed E-state index contributed by atoms with van der Waals surface area (Å²) in [4.78, 5) is 38.9. The number of nitrogens with zero attached hydrogens (tertiary/aromatic N) is 6. The molecule has 1 atom stereocenters. The van der Waals surface area contributed by atoms with Gasteiger partial charge >= 0.3 is 0 Å². The predicted octanol–water partition coefficient (Wildman–Crippen LogP) is 3.29. The number of aromatic nitrogens is 4. The van der Waals surface area contributed by atoms with Gasteiger partial charge in [0, 0.05) is 51.9 Å². The van der Waals surface area contributed by atoms with Crippen LogP contribution in [0.3, 0.4) is 0 Å². The van der Waals surface area contributed by atoms with Crippen molar-refractivity contribution in [3.05, 3.63) is 71.4 Å². The molecule has 4 aromatic heterocycles. The topological polar surface area (TPSA) is 121 Å². The van der Waals surface area contributed by atoms with Gasteiger partial charge in [0.05, 0.1) is 24.0 Å². The zero-order valence-electron chi connectivity index (χ0n) is 22.7. The second kappa shape index (κ2) is 10.6. The maximum absolute atomic E-state index is 13.4. The van der Waals surface area contributed by atoms with Gasteiger partial charge in [-0.25, -0.2) is 9.97 Å². The van der Waals surface area contributed by atoms with Crippen LogP contribution in [0.2, 0.25) is 0 Å². The van der Waals surface area contributed by atoms with E-state index in [-0.39, 0.29) is 18.4 Å². The Labute approximate surface area is 226 Å². The summed E-state index contributed by atoms with van der Waals surface area (Å²) in [5, 5.41) is 10.3. The molecule has 0 aromatic carbocycles. The largest absolute Gasteiger partial charge is 0.460 e. The molecule has 0 fully saturated rings. The number of amides is 2. The first kappa shape index (κ1) is 26.0. The molecule has 1 aliphatic heterocycles. The quantitative estimate of drug-likeness (QED) is 0.357. The van der Waals surface area contributed by atoms with Crippen molar-refractivity contribution < 1.29 is 14.0 Å². The first-order chi connectivity index (χ1) is 18.7. The number of fused-ring (bicyclic) bond motifs is 1. The Kier molecular flexibility index (Phi) is 7.05. The molecular weight excluding hydrogens is 496 g/mol. The monoisotopic (exact) mass is 528 g/mol. The van der Waals surface area contributed by atoms with Gasteiger partial charge < -0.3 is 24.9 Å². The zero-order chi connectivity index (χ0) is 27.7. The summed E-state index contributed by atoms with van der Waals surface area (Å²) in [5.74, 6) is 3.01. The van der Waals surface area contributed by atoms with Gasteiger partial charge in [-0.2, -0.15) is 5.10 Å². The number of carbonyl (C=O) groups is 2. The van der Waals surface area contributed by atoms with Crippen LogP contribution in [0.5, 0.6) is 0 Å². The molecule has 0 spiro atoms. The maximum atomic E-state index is 13.4. The van der Waals surface area contributed by atoms with Crippen LogP contribution in [0.25, 0.3) is 11.3 Å². The van der Waals surface area contributed by atoms with Crippen molar-refractivity contribution in [2.75, 3.05) is 30.9 Å². The summed E-state index contributed by atoms with van der Waals surface area (Å²) in [5.41, 5.74) is 2.98. The minimum absolute atomic E-state index is 0.221. The average molecular weight is 529 g/mol. The molecular formula is C28H32N8O3. The van der Waals surface area contributed by atoms with Crippen LogP contribution in [-0.2, 0) is 24.8 Å². The maximum Gasteiger partial charge on any atom is 0.258 e. The van der Waals surface area contributed by atoms with Gasteiger partial charge in [0.1, 0.15) is 35.0 Å². The number of carbonyl (C=O) groups excluding carboxylic acids is 2. The van der Waals surface area contributed by atoms with Crippen LogP contribution in [-0.4, -0.2) is 63.1 Å². The third kappa shape index (κ3) is 5.33. The van der Waals surface area contributed by atoms with Gasteiger partial charge in [-0.3, -0.25) is 14.3 Å². The first-order valence-electron chi connectivity index (χ1n) is 12.8. The molecule has 0 unspecified atom stereocenters. The lowest BCUT2D eigenvalue weighted by atomic mass is 10.0. The van der Waals surface area contributed by atoms with Crippen molar-refractivity contribution in [1.82, 2.24) is 30.0 Å². The van der Waals surface area contributed by atoms with Gasteiger partial charge in [0.15, 0.2) is 0 Å². The van der Waals surface area contributed by atoms with Crippen LogP contribution in [0.4, 0.5) is 17.5 Å². The third-order valence-electron chi connectivity index (χ3n) is 6.87. The summed E-state index contributed by atoms with van der Waals surface area (Å²) in [6, 6.07) is 10.5. The van der Waals surface area contributed by atoms with Crippen molar-refractivity contribution in [1.29, 1.82) is 0 Å². The van der Waals surface area contributed by atoms with E-state index in [1.807, 2.05) is 63.3 Å². The minimum Gasteiger partial charge on any atom is -0.460 e. The van der Waals surface area contributed by atoms with E-state index in [4.69, 9.17) is 4.42 Å². The first-order valence-corrected chi connectivity index (χ1v) is 12.8. The summed E-state index contributed by atoms with van der Waals surface area (Å²) in [7, 11) is 5.67. The Morgan fingerprint density at radius 3 is 2.77 bits per heavy atom. The Morgan fingerprint density at radius 1 is 1.21 bits per heavy atom. The van der Waals surface area contributed by atoms with Crippen LogP contribution < -0.4 is 15.5 Å². The second-order valence-electron chi connectivity index (χ2n) is 9.82. The van der Waals surface area contributed by atoms with Crippen LogP contribution >= 0.6 is 0 Å². The highest BCUT2D eigenvalue weighted by Gasteiger charge is 2.34. The number of hydrogen-bond acceptors (Lipinski definition) is 8. The molecule has 5 rings (SSSR count). The summed E-state index contributed by atoms with van der Waals surface area (Å²) in [6.45, 7) is 4.36. The molecule has 5 heterocycles. The molecule has 0 aliphatic carbocycles. The highest BCUT2D eigenvalue weighted by molar-refractivity contribution is 6.00. The minimum atomic E-state index is -0.640. The Hall–Kier alpha value is -4.67. The van der Waals surface area contributed by atoms with Gasteiger partial charge in [0.25, 0.3) is 5.91 Å². The lowest BCUT2D eigenvalue weighted by Gasteiger charge is -2.31. The highest BCUT2D eigenvalue weighted by atomic mass is 16.3. The van der Waals surface area contributed by atoms with E-state index in [1.165, 1.54) is 0 Å². The summed E-state index contributed by atoms with van der Waals surface area (Å²) >= 11 is 0. The van der Waals surface area contributed by atoms with Gasteiger partial charge in [0.2, 0.25) is 5.91 Å². The van der Waals surface area contributed by atoms with Crippen molar-refractivity contribution in [2.45, 2.75) is 32.9 Å².